The Balaban J connectivity index is 3.01. The lowest BCUT2D eigenvalue weighted by Crippen LogP contribution is -2.43. The van der Waals surface area contributed by atoms with E-state index in [1.807, 2.05) is 32.0 Å². The van der Waals surface area contributed by atoms with Crippen molar-refractivity contribution in [2.24, 2.45) is 0 Å². The van der Waals surface area contributed by atoms with E-state index in [9.17, 15) is 9.90 Å². The molecular formula is C13H19NO2. The second-order valence-corrected chi connectivity index (χ2v) is 4.69. The molecule has 0 aliphatic carbocycles. The number of amides is 1. The maximum Gasteiger partial charge on any atom is 0.258 e. The van der Waals surface area contributed by atoms with Crippen LogP contribution in [0, 0.1) is 13.8 Å². The van der Waals surface area contributed by atoms with E-state index in [1.54, 1.807) is 7.05 Å². The largest absolute Gasteiger partial charge is 0.381 e. The quantitative estimate of drug-likeness (QED) is 0.830. The predicted molar refractivity (Wildman–Crippen MR) is 65.6 cm³/mol. The Kier molecular flexibility index (Phi) is 3.38. The van der Waals surface area contributed by atoms with Crippen LogP contribution in [0.25, 0.3) is 0 Å². The Morgan fingerprint density at radius 3 is 2.25 bits per heavy atom. The molecule has 0 unspecified atom stereocenters. The number of hydrogen-bond donors (Lipinski definition) is 1. The van der Waals surface area contributed by atoms with Gasteiger partial charge < -0.3 is 10.0 Å². The third kappa shape index (κ3) is 2.61. The molecule has 0 saturated heterocycles. The van der Waals surface area contributed by atoms with Gasteiger partial charge in [-0.25, -0.2) is 0 Å². The molecule has 0 aromatic heterocycles. The molecule has 1 amide bonds. The van der Waals surface area contributed by atoms with Gasteiger partial charge in [0, 0.05) is 12.7 Å². The van der Waals surface area contributed by atoms with Gasteiger partial charge in [-0.3, -0.25) is 4.79 Å². The van der Waals surface area contributed by atoms with E-state index in [0.717, 1.165) is 11.3 Å². The zero-order valence-electron chi connectivity index (χ0n) is 10.5. The van der Waals surface area contributed by atoms with E-state index >= 15 is 0 Å². The molecule has 0 aliphatic rings. The van der Waals surface area contributed by atoms with Crippen LogP contribution >= 0.6 is 0 Å². The summed E-state index contributed by atoms with van der Waals surface area (Å²) in [5.41, 5.74) is 1.78. The van der Waals surface area contributed by atoms with Gasteiger partial charge >= 0.3 is 0 Å². The Hall–Kier alpha value is -1.35. The Morgan fingerprint density at radius 1 is 1.25 bits per heavy atom. The second kappa shape index (κ2) is 4.26. The van der Waals surface area contributed by atoms with Crippen molar-refractivity contribution in [3.63, 3.8) is 0 Å². The van der Waals surface area contributed by atoms with E-state index in [0.29, 0.717) is 0 Å². The third-order valence-corrected chi connectivity index (χ3v) is 2.71. The first kappa shape index (κ1) is 12.7. The van der Waals surface area contributed by atoms with Gasteiger partial charge in [0.2, 0.25) is 0 Å². The standard InChI is InChI=1S/C13H19NO2/c1-9-6-7-11(8-10(9)2)14(5)12(15)13(3,4)16/h6-8,16H,1-5H3. The van der Waals surface area contributed by atoms with Crippen LogP contribution < -0.4 is 4.90 Å². The van der Waals surface area contributed by atoms with Gasteiger partial charge in [-0.05, 0) is 51.0 Å². The Labute approximate surface area is 96.7 Å². The lowest BCUT2D eigenvalue weighted by molar-refractivity contribution is -0.133. The minimum absolute atomic E-state index is 0.309. The van der Waals surface area contributed by atoms with Crippen LogP contribution in [0.5, 0.6) is 0 Å². The Bertz CT molecular complexity index is 405. The van der Waals surface area contributed by atoms with Gasteiger partial charge in [-0.1, -0.05) is 6.07 Å². The number of carbonyl (C=O) groups is 1. The van der Waals surface area contributed by atoms with Crippen LogP contribution in [-0.4, -0.2) is 23.7 Å². The molecule has 0 bridgehead atoms. The number of nitrogens with zero attached hydrogens (tertiary/aromatic N) is 1. The summed E-state index contributed by atoms with van der Waals surface area (Å²) in [6.07, 6.45) is 0. The minimum atomic E-state index is -1.34. The first-order valence-electron chi connectivity index (χ1n) is 5.31. The normalized spacial score (nSPS) is 11.4. The lowest BCUT2D eigenvalue weighted by atomic mass is 10.1. The summed E-state index contributed by atoms with van der Waals surface area (Å²) in [4.78, 5) is 13.3. The van der Waals surface area contributed by atoms with Gasteiger partial charge in [0.15, 0.2) is 0 Å². The highest BCUT2D eigenvalue weighted by molar-refractivity contribution is 5.98. The highest BCUT2D eigenvalue weighted by atomic mass is 16.3. The number of carbonyl (C=O) groups excluding carboxylic acids is 1. The van der Waals surface area contributed by atoms with Gasteiger partial charge in [0.25, 0.3) is 5.91 Å². The SMILES string of the molecule is Cc1ccc(N(C)C(=O)C(C)(C)O)cc1C. The number of hydrogen-bond acceptors (Lipinski definition) is 2. The number of rotatable bonds is 2. The minimum Gasteiger partial charge on any atom is -0.381 e. The average molecular weight is 221 g/mol. The molecular weight excluding hydrogens is 202 g/mol. The molecule has 1 aromatic carbocycles. The number of aryl methyl sites for hydroxylation is 2. The highest BCUT2D eigenvalue weighted by Gasteiger charge is 2.28. The predicted octanol–water partition coefficient (Wildman–Crippen LogP) is 2.04. The molecule has 3 heteroatoms. The van der Waals surface area contributed by atoms with Crippen LogP contribution in [0.15, 0.2) is 18.2 Å². The number of benzene rings is 1. The molecule has 0 saturated carbocycles. The van der Waals surface area contributed by atoms with E-state index in [-0.39, 0.29) is 5.91 Å². The van der Waals surface area contributed by atoms with Crippen molar-refractivity contribution in [3.8, 4) is 0 Å². The molecule has 0 aliphatic heterocycles. The molecule has 0 heterocycles. The average Bonchev–Trinajstić information content (AvgIpc) is 2.18. The smallest absolute Gasteiger partial charge is 0.258 e. The van der Waals surface area contributed by atoms with Crippen LogP contribution in [0.3, 0.4) is 0 Å². The molecule has 1 aromatic rings. The van der Waals surface area contributed by atoms with Crippen molar-refractivity contribution < 1.29 is 9.90 Å². The van der Waals surface area contributed by atoms with E-state index in [1.165, 1.54) is 24.3 Å². The van der Waals surface area contributed by atoms with Gasteiger partial charge in [-0.15, -0.1) is 0 Å². The van der Waals surface area contributed by atoms with Crippen LogP contribution in [0.1, 0.15) is 25.0 Å². The molecule has 1 N–H and O–H groups in total. The molecule has 0 fully saturated rings. The fourth-order valence-electron chi connectivity index (χ4n) is 1.46. The molecule has 3 nitrogen and oxygen atoms in total. The third-order valence-electron chi connectivity index (χ3n) is 2.71. The zero-order valence-corrected chi connectivity index (χ0v) is 10.5. The van der Waals surface area contributed by atoms with E-state index < -0.39 is 5.60 Å². The van der Waals surface area contributed by atoms with Crippen molar-refractivity contribution in [1.29, 1.82) is 0 Å². The summed E-state index contributed by atoms with van der Waals surface area (Å²) in [6.45, 7) is 7.01. The fourth-order valence-corrected chi connectivity index (χ4v) is 1.46. The summed E-state index contributed by atoms with van der Waals surface area (Å²) in [7, 11) is 1.67. The van der Waals surface area contributed by atoms with Crippen molar-refractivity contribution in [1.82, 2.24) is 0 Å². The van der Waals surface area contributed by atoms with Gasteiger partial charge in [-0.2, -0.15) is 0 Å². The lowest BCUT2D eigenvalue weighted by Gasteiger charge is -2.25. The van der Waals surface area contributed by atoms with Crippen molar-refractivity contribution in [2.45, 2.75) is 33.3 Å². The van der Waals surface area contributed by atoms with Gasteiger partial charge in [0.1, 0.15) is 5.60 Å². The summed E-state index contributed by atoms with van der Waals surface area (Å²) in [5, 5.41) is 9.65. The number of likely N-dealkylation sites (N-methyl/N-ethyl adjacent to an activating group) is 1. The van der Waals surface area contributed by atoms with Crippen molar-refractivity contribution >= 4 is 11.6 Å². The summed E-state index contributed by atoms with van der Waals surface area (Å²) >= 11 is 0. The number of anilines is 1. The van der Waals surface area contributed by atoms with Crippen LogP contribution in [-0.2, 0) is 4.79 Å². The maximum absolute atomic E-state index is 11.8. The molecule has 88 valence electrons. The Morgan fingerprint density at radius 2 is 1.81 bits per heavy atom. The summed E-state index contributed by atoms with van der Waals surface area (Å²) < 4.78 is 0. The fraction of sp³-hybridized carbons (Fsp3) is 0.462. The maximum atomic E-state index is 11.8. The van der Waals surface area contributed by atoms with E-state index in [4.69, 9.17) is 0 Å². The highest BCUT2D eigenvalue weighted by Crippen LogP contribution is 2.20. The summed E-state index contributed by atoms with van der Waals surface area (Å²) in [5.74, 6) is -0.309. The molecule has 16 heavy (non-hydrogen) atoms. The monoisotopic (exact) mass is 221 g/mol. The van der Waals surface area contributed by atoms with E-state index in [2.05, 4.69) is 0 Å². The zero-order chi connectivity index (χ0) is 12.5. The molecule has 0 atom stereocenters. The van der Waals surface area contributed by atoms with Crippen molar-refractivity contribution in [2.75, 3.05) is 11.9 Å². The first-order chi connectivity index (χ1) is 7.23. The first-order valence-corrected chi connectivity index (χ1v) is 5.31. The van der Waals surface area contributed by atoms with Gasteiger partial charge in [0.05, 0.1) is 0 Å². The second-order valence-electron chi connectivity index (χ2n) is 4.69. The van der Waals surface area contributed by atoms with Crippen molar-refractivity contribution in [3.05, 3.63) is 29.3 Å². The number of aliphatic hydroxyl groups is 1. The summed E-state index contributed by atoms with van der Waals surface area (Å²) in [6, 6.07) is 5.80. The topological polar surface area (TPSA) is 40.5 Å². The molecule has 1 rings (SSSR count). The van der Waals surface area contributed by atoms with Crippen LogP contribution in [0.2, 0.25) is 0 Å². The van der Waals surface area contributed by atoms with Crippen LogP contribution in [0.4, 0.5) is 5.69 Å². The molecule has 0 spiro atoms. The molecule has 0 radical (unpaired) electrons.